The monoisotopic (exact) mass is 211 g/mol. The lowest BCUT2D eigenvalue weighted by molar-refractivity contribution is 0.505. The maximum atomic E-state index is 12.9. The van der Waals surface area contributed by atoms with Crippen LogP contribution in [-0.2, 0) is 0 Å². The molecule has 3 heteroatoms. The normalized spacial score (nSPS) is 22.1. The molecule has 1 heterocycles. The lowest BCUT2D eigenvalue weighted by Crippen LogP contribution is -2.18. The molecule has 0 bridgehead atoms. The van der Waals surface area contributed by atoms with Crippen LogP contribution in [0.3, 0.4) is 0 Å². The van der Waals surface area contributed by atoms with E-state index >= 15 is 0 Å². The van der Waals surface area contributed by atoms with Gasteiger partial charge in [0.15, 0.2) is 0 Å². The summed E-state index contributed by atoms with van der Waals surface area (Å²) >= 11 is 1.74. The van der Waals surface area contributed by atoms with Gasteiger partial charge in [0.05, 0.1) is 0 Å². The van der Waals surface area contributed by atoms with Crippen LogP contribution in [0.1, 0.15) is 18.4 Å². The Morgan fingerprint density at radius 2 is 2.43 bits per heavy atom. The van der Waals surface area contributed by atoms with Crippen molar-refractivity contribution in [3.63, 3.8) is 0 Å². The number of hydrogen-bond acceptors (Lipinski definition) is 2. The summed E-state index contributed by atoms with van der Waals surface area (Å²) in [6.45, 7) is 2.85. The van der Waals surface area contributed by atoms with E-state index in [0.29, 0.717) is 18.4 Å². The Balaban J connectivity index is 2.31. The second kappa shape index (κ2) is 3.91. The van der Waals surface area contributed by atoms with Gasteiger partial charge in [-0.1, -0.05) is 13.0 Å². The summed E-state index contributed by atoms with van der Waals surface area (Å²) in [5, 5.41) is 0. The van der Waals surface area contributed by atoms with E-state index in [1.165, 1.54) is 5.56 Å². The number of benzene rings is 1. The van der Waals surface area contributed by atoms with Gasteiger partial charge in [0.1, 0.15) is 5.82 Å². The zero-order chi connectivity index (χ0) is 10.1. The van der Waals surface area contributed by atoms with Crippen molar-refractivity contribution >= 4 is 11.8 Å². The van der Waals surface area contributed by atoms with Gasteiger partial charge in [0, 0.05) is 10.6 Å². The fraction of sp³-hybridized carbons (Fsp3) is 0.455. The highest BCUT2D eigenvalue weighted by molar-refractivity contribution is 7.99. The molecule has 2 atom stereocenters. The molecule has 0 fully saturated rings. The highest BCUT2D eigenvalue weighted by Gasteiger charge is 2.27. The molecule has 0 aliphatic carbocycles. The van der Waals surface area contributed by atoms with Gasteiger partial charge < -0.3 is 5.73 Å². The molecule has 0 saturated heterocycles. The van der Waals surface area contributed by atoms with Crippen LogP contribution < -0.4 is 5.73 Å². The molecular weight excluding hydrogens is 197 g/mol. The van der Waals surface area contributed by atoms with Crippen LogP contribution in [0.5, 0.6) is 0 Å². The Morgan fingerprint density at radius 1 is 1.64 bits per heavy atom. The summed E-state index contributed by atoms with van der Waals surface area (Å²) in [5.41, 5.74) is 6.93. The molecule has 2 N–H and O–H groups in total. The summed E-state index contributed by atoms with van der Waals surface area (Å²) in [4.78, 5) is 1.09. The van der Waals surface area contributed by atoms with Gasteiger partial charge in [-0.3, -0.25) is 0 Å². The predicted molar refractivity (Wildman–Crippen MR) is 58.1 cm³/mol. The maximum Gasteiger partial charge on any atom is 0.124 e. The number of rotatable bonds is 2. The average molecular weight is 211 g/mol. The van der Waals surface area contributed by atoms with Crippen LogP contribution >= 0.6 is 11.8 Å². The highest BCUT2D eigenvalue weighted by atomic mass is 32.2. The Morgan fingerprint density at radius 3 is 3.14 bits per heavy atom. The van der Waals surface area contributed by atoms with Gasteiger partial charge in [0.25, 0.3) is 0 Å². The smallest absolute Gasteiger partial charge is 0.124 e. The van der Waals surface area contributed by atoms with Crippen molar-refractivity contribution in [2.24, 2.45) is 11.7 Å². The minimum absolute atomic E-state index is 0.141. The van der Waals surface area contributed by atoms with Gasteiger partial charge in [-0.25, -0.2) is 4.39 Å². The predicted octanol–water partition coefficient (Wildman–Crippen LogP) is 2.61. The lowest BCUT2D eigenvalue weighted by atomic mass is 9.89. The topological polar surface area (TPSA) is 26.0 Å². The Kier molecular flexibility index (Phi) is 2.79. The van der Waals surface area contributed by atoms with Crippen LogP contribution in [0.2, 0.25) is 0 Å². The SMILES string of the molecule is CC(CN)C1CSc2cc(F)ccc21. The number of halogens is 1. The maximum absolute atomic E-state index is 12.9. The van der Waals surface area contributed by atoms with Crippen molar-refractivity contribution in [1.82, 2.24) is 0 Å². The summed E-state index contributed by atoms with van der Waals surface area (Å²) in [6.07, 6.45) is 0. The third-order valence-corrected chi connectivity index (χ3v) is 4.04. The number of thioether (sulfide) groups is 1. The summed E-state index contributed by atoms with van der Waals surface area (Å²) in [5.74, 6) is 1.88. The van der Waals surface area contributed by atoms with Crippen molar-refractivity contribution in [1.29, 1.82) is 0 Å². The van der Waals surface area contributed by atoms with Gasteiger partial charge in [-0.15, -0.1) is 11.8 Å². The van der Waals surface area contributed by atoms with Gasteiger partial charge in [-0.2, -0.15) is 0 Å². The molecule has 2 rings (SSSR count). The molecule has 1 aromatic carbocycles. The minimum Gasteiger partial charge on any atom is -0.330 e. The second-order valence-corrected chi connectivity index (χ2v) is 4.87. The van der Waals surface area contributed by atoms with Crippen molar-refractivity contribution in [2.45, 2.75) is 17.7 Å². The van der Waals surface area contributed by atoms with E-state index in [0.717, 1.165) is 10.6 Å². The quantitative estimate of drug-likeness (QED) is 0.813. The van der Waals surface area contributed by atoms with E-state index in [-0.39, 0.29) is 5.82 Å². The molecular formula is C11H14FNS. The second-order valence-electron chi connectivity index (χ2n) is 3.81. The zero-order valence-electron chi connectivity index (χ0n) is 8.16. The molecule has 1 aliphatic rings. The van der Waals surface area contributed by atoms with Gasteiger partial charge >= 0.3 is 0 Å². The molecule has 0 spiro atoms. The number of fused-ring (bicyclic) bond motifs is 1. The Bertz CT molecular complexity index is 340. The first-order valence-electron chi connectivity index (χ1n) is 4.84. The van der Waals surface area contributed by atoms with Crippen molar-refractivity contribution < 1.29 is 4.39 Å². The summed E-state index contributed by atoms with van der Waals surface area (Å²) < 4.78 is 12.9. The number of hydrogen-bond donors (Lipinski definition) is 1. The fourth-order valence-corrected chi connectivity index (χ4v) is 3.29. The van der Waals surface area contributed by atoms with Crippen molar-refractivity contribution in [3.8, 4) is 0 Å². The van der Waals surface area contributed by atoms with E-state index in [4.69, 9.17) is 5.73 Å². The summed E-state index contributed by atoms with van der Waals surface area (Å²) in [7, 11) is 0. The average Bonchev–Trinajstić information content (AvgIpc) is 2.59. The zero-order valence-corrected chi connectivity index (χ0v) is 8.98. The van der Waals surface area contributed by atoms with E-state index in [1.54, 1.807) is 23.9 Å². The molecule has 0 radical (unpaired) electrons. The van der Waals surface area contributed by atoms with E-state index in [1.807, 2.05) is 6.07 Å². The van der Waals surface area contributed by atoms with E-state index < -0.39 is 0 Å². The third kappa shape index (κ3) is 1.66. The summed E-state index contributed by atoms with van der Waals surface area (Å²) in [6, 6.07) is 5.08. The molecule has 1 aliphatic heterocycles. The molecule has 0 aromatic heterocycles. The van der Waals surface area contributed by atoms with E-state index in [2.05, 4.69) is 6.92 Å². The first kappa shape index (κ1) is 9.99. The van der Waals surface area contributed by atoms with Crippen LogP contribution in [-0.4, -0.2) is 12.3 Å². The Labute approximate surface area is 87.9 Å². The van der Waals surface area contributed by atoms with Crippen LogP contribution in [0.15, 0.2) is 23.1 Å². The largest absolute Gasteiger partial charge is 0.330 e. The molecule has 1 nitrogen and oxygen atoms in total. The van der Waals surface area contributed by atoms with Crippen LogP contribution in [0.25, 0.3) is 0 Å². The Hall–Kier alpha value is -0.540. The van der Waals surface area contributed by atoms with Crippen molar-refractivity contribution in [2.75, 3.05) is 12.3 Å². The molecule has 76 valence electrons. The molecule has 0 amide bonds. The number of nitrogens with two attached hydrogens (primary N) is 1. The van der Waals surface area contributed by atoms with Gasteiger partial charge in [-0.05, 0) is 36.1 Å². The fourth-order valence-electron chi connectivity index (χ4n) is 1.84. The highest BCUT2D eigenvalue weighted by Crippen LogP contribution is 2.43. The lowest BCUT2D eigenvalue weighted by Gasteiger charge is -2.17. The minimum atomic E-state index is -0.141. The standard InChI is InChI=1S/C11H14FNS/c1-7(5-13)10-6-14-11-4-8(12)2-3-9(10)11/h2-4,7,10H,5-6,13H2,1H3. The molecule has 2 unspecified atom stereocenters. The van der Waals surface area contributed by atoms with Crippen LogP contribution in [0.4, 0.5) is 4.39 Å². The first-order valence-corrected chi connectivity index (χ1v) is 5.83. The van der Waals surface area contributed by atoms with Crippen LogP contribution in [0, 0.1) is 11.7 Å². The molecule has 0 saturated carbocycles. The van der Waals surface area contributed by atoms with Gasteiger partial charge in [0.2, 0.25) is 0 Å². The van der Waals surface area contributed by atoms with Crippen molar-refractivity contribution in [3.05, 3.63) is 29.6 Å². The molecule has 14 heavy (non-hydrogen) atoms. The van der Waals surface area contributed by atoms with E-state index in [9.17, 15) is 4.39 Å². The third-order valence-electron chi connectivity index (χ3n) is 2.85. The molecule has 1 aromatic rings. The first-order chi connectivity index (χ1) is 6.72.